The van der Waals surface area contributed by atoms with Crippen LogP contribution >= 0.6 is 0 Å². The molecule has 21 heavy (non-hydrogen) atoms. The summed E-state index contributed by atoms with van der Waals surface area (Å²) in [4.78, 5) is 26.6. The van der Waals surface area contributed by atoms with Gasteiger partial charge in [-0.05, 0) is 13.8 Å². The molecule has 0 aromatic heterocycles. The van der Waals surface area contributed by atoms with Crippen LogP contribution in [0.15, 0.2) is 0 Å². The quantitative estimate of drug-likeness (QED) is 0.454. The van der Waals surface area contributed by atoms with Crippen molar-refractivity contribution in [3.63, 3.8) is 0 Å². The highest BCUT2D eigenvalue weighted by molar-refractivity contribution is 5.77. The molecule has 0 radical (unpaired) electrons. The van der Waals surface area contributed by atoms with Gasteiger partial charge >= 0.3 is 6.03 Å². The van der Waals surface area contributed by atoms with E-state index in [-0.39, 0.29) is 18.1 Å². The van der Waals surface area contributed by atoms with Crippen molar-refractivity contribution in [1.82, 2.24) is 10.1 Å². The summed E-state index contributed by atoms with van der Waals surface area (Å²) in [6.07, 6.45) is 11.2. The van der Waals surface area contributed by atoms with Crippen molar-refractivity contribution in [3.05, 3.63) is 0 Å². The van der Waals surface area contributed by atoms with E-state index in [1.165, 1.54) is 5.06 Å². The molecule has 0 unspecified atom stereocenters. The molecule has 3 amide bonds. The summed E-state index contributed by atoms with van der Waals surface area (Å²) in [5.41, 5.74) is 4.29. The van der Waals surface area contributed by atoms with E-state index in [4.69, 9.17) is 22.9 Å². The lowest BCUT2D eigenvalue weighted by atomic mass is 10.1. The van der Waals surface area contributed by atoms with Gasteiger partial charge in [0.2, 0.25) is 5.91 Å². The van der Waals surface area contributed by atoms with Crippen LogP contribution in [-0.2, 0) is 9.63 Å². The zero-order valence-corrected chi connectivity index (χ0v) is 12.3. The topological polar surface area (TPSA) is 96.1 Å². The van der Waals surface area contributed by atoms with E-state index in [0.717, 1.165) is 0 Å². The standard InChI is InChI=1S/C9H13NO2.C5H8N2O2/c1-4-5-6-10-8(11)7-9(2,3)12-10;1-2-3-4-7(9)5(6)8/h1H,5-7H2,2-3H3;1,9H,3-4H2,(H2,6,8). The zero-order chi connectivity index (χ0) is 16.5. The normalized spacial score (nSPS) is 15.5. The molecule has 116 valence electrons. The van der Waals surface area contributed by atoms with Gasteiger partial charge in [0.25, 0.3) is 0 Å². The summed E-state index contributed by atoms with van der Waals surface area (Å²) < 4.78 is 0. The molecule has 7 nitrogen and oxygen atoms in total. The smallest absolute Gasteiger partial charge is 0.338 e. The maximum absolute atomic E-state index is 11.2. The van der Waals surface area contributed by atoms with Gasteiger partial charge in [0.1, 0.15) is 0 Å². The fourth-order valence-corrected chi connectivity index (χ4v) is 1.45. The van der Waals surface area contributed by atoms with Crippen molar-refractivity contribution in [1.29, 1.82) is 0 Å². The summed E-state index contributed by atoms with van der Waals surface area (Å²) >= 11 is 0. The van der Waals surface area contributed by atoms with E-state index in [2.05, 4.69) is 17.6 Å². The number of carbonyl (C=O) groups is 2. The van der Waals surface area contributed by atoms with E-state index in [1.807, 2.05) is 13.8 Å². The van der Waals surface area contributed by atoms with Gasteiger partial charge < -0.3 is 5.73 Å². The van der Waals surface area contributed by atoms with Crippen LogP contribution in [0.25, 0.3) is 0 Å². The third-order valence-corrected chi connectivity index (χ3v) is 2.39. The lowest BCUT2D eigenvalue weighted by Crippen LogP contribution is -2.33. The van der Waals surface area contributed by atoms with Crippen LogP contribution in [0.1, 0.15) is 33.1 Å². The molecule has 0 spiro atoms. The van der Waals surface area contributed by atoms with Crippen LogP contribution < -0.4 is 5.73 Å². The Kier molecular flexibility index (Phi) is 7.92. The summed E-state index contributed by atoms with van der Waals surface area (Å²) in [6, 6.07) is -0.884. The number of rotatable bonds is 4. The van der Waals surface area contributed by atoms with Gasteiger partial charge in [-0.1, -0.05) is 0 Å². The van der Waals surface area contributed by atoms with Crippen LogP contribution in [0.2, 0.25) is 0 Å². The predicted molar refractivity (Wildman–Crippen MR) is 76.5 cm³/mol. The Labute approximate surface area is 124 Å². The van der Waals surface area contributed by atoms with Gasteiger partial charge in [-0.3, -0.25) is 14.8 Å². The first-order valence-electron chi connectivity index (χ1n) is 6.35. The molecule has 0 bridgehead atoms. The molecular formula is C14H21N3O4. The molecule has 0 saturated carbocycles. The molecular weight excluding hydrogens is 274 g/mol. The molecule has 1 fully saturated rings. The highest BCUT2D eigenvalue weighted by Gasteiger charge is 2.36. The van der Waals surface area contributed by atoms with Gasteiger partial charge in [0.05, 0.1) is 25.1 Å². The van der Waals surface area contributed by atoms with Gasteiger partial charge in [0, 0.05) is 12.8 Å². The van der Waals surface area contributed by atoms with Gasteiger partial charge in [-0.15, -0.1) is 24.7 Å². The fraction of sp³-hybridized carbons (Fsp3) is 0.571. The Balaban J connectivity index is 0.000000400. The molecule has 7 heteroatoms. The number of nitrogens with zero attached hydrogens (tertiary/aromatic N) is 2. The molecule has 0 atom stereocenters. The van der Waals surface area contributed by atoms with Gasteiger partial charge in [-0.25, -0.2) is 14.9 Å². The van der Waals surface area contributed by atoms with Gasteiger partial charge in [0.15, 0.2) is 0 Å². The number of nitrogens with two attached hydrogens (primary N) is 1. The summed E-state index contributed by atoms with van der Waals surface area (Å²) in [5.74, 6) is 4.74. The van der Waals surface area contributed by atoms with Crippen LogP contribution in [0.3, 0.4) is 0 Å². The lowest BCUT2D eigenvalue weighted by Gasteiger charge is -2.18. The van der Waals surface area contributed by atoms with Crippen LogP contribution in [-0.4, -0.2) is 46.0 Å². The number of hydrogen-bond acceptors (Lipinski definition) is 4. The Morgan fingerprint density at radius 3 is 2.43 bits per heavy atom. The van der Waals surface area contributed by atoms with E-state index in [1.54, 1.807) is 0 Å². The second-order valence-electron chi connectivity index (χ2n) is 4.89. The summed E-state index contributed by atoms with van der Waals surface area (Å²) in [6.45, 7) is 4.37. The van der Waals surface area contributed by atoms with Gasteiger partial charge in [-0.2, -0.15) is 0 Å². The number of terminal acetylenes is 2. The SMILES string of the molecule is C#CCCN(O)C(N)=O.C#CCCN1OC(C)(C)CC1=O. The van der Waals surface area contributed by atoms with Crippen molar-refractivity contribution in [3.8, 4) is 24.7 Å². The average Bonchev–Trinajstić information content (AvgIpc) is 2.66. The maximum atomic E-state index is 11.2. The predicted octanol–water partition coefficient (Wildman–Crippen LogP) is 0.732. The Morgan fingerprint density at radius 1 is 1.48 bits per heavy atom. The number of hydroxylamine groups is 4. The van der Waals surface area contributed by atoms with E-state index >= 15 is 0 Å². The van der Waals surface area contributed by atoms with E-state index in [0.29, 0.717) is 30.9 Å². The minimum Gasteiger partial charge on any atom is -0.350 e. The third kappa shape index (κ3) is 7.83. The van der Waals surface area contributed by atoms with Crippen LogP contribution in [0.4, 0.5) is 4.79 Å². The minimum absolute atomic E-state index is 0.0234. The highest BCUT2D eigenvalue weighted by Crippen LogP contribution is 2.25. The fourth-order valence-electron chi connectivity index (χ4n) is 1.45. The molecule has 1 heterocycles. The van der Waals surface area contributed by atoms with Crippen molar-refractivity contribution < 1.29 is 19.6 Å². The van der Waals surface area contributed by atoms with Crippen molar-refractivity contribution in [2.45, 2.75) is 38.7 Å². The van der Waals surface area contributed by atoms with Crippen molar-refractivity contribution >= 4 is 11.9 Å². The van der Waals surface area contributed by atoms with Crippen molar-refractivity contribution in [2.75, 3.05) is 13.1 Å². The van der Waals surface area contributed by atoms with Crippen LogP contribution in [0.5, 0.6) is 0 Å². The molecule has 0 aliphatic carbocycles. The highest BCUT2D eigenvalue weighted by atomic mass is 16.7. The second kappa shape index (κ2) is 8.85. The first kappa shape index (κ1) is 18.8. The monoisotopic (exact) mass is 295 g/mol. The first-order chi connectivity index (χ1) is 9.73. The number of primary amides is 1. The third-order valence-electron chi connectivity index (χ3n) is 2.39. The maximum Gasteiger partial charge on any atom is 0.338 e. The number of hydrogen-bond donors (Lipinski definition) is 2. The largest absolute Gasteiger partial charge is 0.350 e. The zero-order valence-electron chi connectivity index (χ0n) is 12.3. The average molecular weight is 295 g/mol. The minimum atomic E-state index is -0.884. The first-order valence-corrected chi connectivity index (χ1v) is 6.35. The molecule has 1 aliphatic rings. The van der Waals surface area contributed by atoms with E-state index < -0.39 is 6.03 Å². The molecule has 1 saturated heterocycles. The molecule has 1 rings (SSSR count). The van der Waals surface area contributed by atoms with E-state index in [9.17, 15) is 9.59 Å². The molecule has 0 aromatic carbocycles. The Bertz CT molecular complexity index is 448. The Hall–Kier alpha value is -2.22. The lowest BCUT2D eigenvalue weighted by molar-refractivity contribution is -0.190. The number of carbonyl (C=O) groups excluding carboxylic acids is 2. The van der Waals surface area contributed by atoms with Crippen molar-refractivity contribution in [2.24, 2.45) is 5.73 Å². The van der Waals surface area contributed by atoms with Crippen LogP contribution in [0, 0.1) is 24.7 Å². The summed E-state index contributed by atoms with van der Waals surface area (Å²) in [7, 11) is 0. The second-order valence-corrected chi connectivity index (χ2v) is 4.89. The molecule has 0 aromatic rings. The number of urea groups is 1. The Morgan fingerprint density at radius 2 is 2.05 bits per heavy atom. The summed E-state index contributed by atoms with van der Waals surface area (Å²) in [5, 5.41) is 10.3. The molecule has 1 aliphatic heterocycles. The number of amides is 3. The molecule has 3 N–H and O–H groups in total.